The van der Waals surface area contributed by atoms with E-state index < -0.39 is 5.91 Å². The number of carbonyl (C=O) groups is 2. The van der Waals surface area contributed by atoms with Gasteiger partial charge in [0.05, 0.1) is 17.8 Å². The lowest BCUT2D eigenvalue weighted by Gasteiger charge is -2.14. The van der Waals surface area contributed by atoms with Crippen LogP contribution in [0, 0.1) is 0 Å². The minimum atomic E-state index is -0.413. The van der Waals surface area contributed by atoms with E-state index in [1.54, 1.807) is 4.68 Å². The van der Waals surface area contributed by atoms with E-state index in [4.69, 9.17) is 0 Å². The largest absolute Gasteiger partial charge is 0.365 e. The fourth-order valence-electron chi connectivity index (χ4n) is 2.91. The van der Waals surface area contributed by atoms with Crippen molar-refractivity contribution in [2.24, 2.45) is 0 Å². The Hall–Kier alpha value is -3.41. The van der Waals surface area contributed by atoms with Crippen LogP contribution in [0.5, 0.6) is 0 Å². The molecule has 124 valence electrons. The van der Waals surface area contributed by atoms with E-state index in [9.17, 15) is 9.59 Å². The summed E-state index contributed by atoms with van der Waals surface area (Å²) in [5.41, 5.74) is 2.84. The molecule has 2 N–H and O–H groups in total. The molecule has 3 aromatic rings. The molecule has 0 radical (unpaired) electrons. The highest BCUT2D eigenvalue weighted by Gasteiger charge is 2.31. The molecule has 0 unspecified atom stereocenters. The number of fused-ring (bicyclic) bond motifs is 1. The van der Waals surface area contributed by atoms with Crippen molar-refractivity contribution in [1.82, 2.24) is 15.1 Å². The second-order valence-corrected chi connectivity index (χ2v) is 5.81. The van der Waals surface area contributed by atoms with Gasteiger partial charge in [-0.05, 0) is 17.7 Å². The summed E-state index contributed by atoms with van der Waals surface area (Å²) in [5.74, 6) is -0.149. The smallest absolute Gasteiger partial charge is 0.263 e. The van der Waals surface area contributed by atoms with Crippen molar-refractivity contribution in [3.05, 3.63) is 77.5 Å². The van der Waals surface area contributed by atoms with Gasteiger partial charge in [0, 0.05) is 6.54 Å². The van der Waals surface area contributed by atoms with Crippen LogP contribution in [-0.2, 0) is 17.8 Å². The van der Waals surface area contributed by atoms with Gasteiger partial charge >= 0.3 is 0 Å². The number of nitrogens with zero attached hydrogens (tertiary/aromatic N) is 2. The zero-order valence-corrected chi connectivity index (χ0v) is 13.4. The first-order valence-corrected chi connectivity index (χ1v) is 8.01. The van der Waals surface area contributed by atoms with Crippen LogP contribution in [0.15, 0.2) is 60.7 Å². The maximum absolute atomic E-state index is 12.3. The quantitative estimate of drug-likeness (QED) is 0.719. The highest BCUT2D eigenvalue weighted by Crippen LogP contribution is 2.27. The summed E-state index contributed by atoms with van der Waals surface area (Å²) in [7, 11) is 0. The molecular weight excluding hydrogens is 316 g/mol. The van der Waals surface area contributed by atoms with E-state index in [-0.39, 0.29) is 12.3 Å². The first-order valence-electron chi connectivity index (χ1n) is 8.01. The van der Waals surface area contributed by atoms with Crippen molar-refractivity contribution < 1.29 is 9.59 Å². The van der Waals surface area contributed by atoms with E-state index in [0.29, 0.717) is 23.6 Å². The molecule has 0 saturated heterocycles. The minimum absolute atomic E-state index is 0.0981. The third-order valence-electron chi connectivity index (χ3n) is 4.07. The van der Waals surface area contributed by atoms with Crippen LogP contribution in [0.1, 0.15) is 21.6 Å². The fraction of sp³-hybridized carbons (Fsp3) is 0.105. The number of amides is 2. The average Bonchev–Trinajstić information content (AvgIpc) is 3.00. The number of benzene rings is 2. The lowest BCUT2D eigenvalue weighted by molar-refractivity contribution is -0.119. The SMILES string of the molecule is O=C1Cc2nn(-c3ccccc3)c(NCc3ccccc3)c2C(=O)N1. The molecule has 6 heteroatoms. The number of para-hydroxylation sites is 1. The molecule has 2 heterocycles. The summed E-state index contributed by atoms with van der Waals surface area (Å²) in [4.78, 5) is 24.0. The van der Waals surface area contributed by atoms with Crippen LogP contribution in [0.2, 0.25) is 0 Å². The van der Waals surface area contributed by atoms with Crippen LogP contribution < -0.4 is 10.6 Å². The summed E-state index contributed by atoms with van der Waals surface area (Å²) in [6, 6.07) is 19.4. The summed E-state index contributed by atoms with van der Waals surface area (Å²) < 4.78 is 1.69. The Morgan fingerprint density at radius 3 is 2.40 bits per heavy atom. The fourth-order valence-corrected chi connectivity index (χ4v) is 2.91. The first kappa shape index (κ1) is 15.1. The predicted molar refractivity (Wildman–Crippen MR) is 93.5 cm³/mol. The Labute approximate surface area is 144 Å². The van der Waals surface area contributed by atoms with Crippen LogP contribution in [0.25, 0.3) is 5.69 Å². The standard InChI is InChI=1S/C19H16N4O2/c24-16-11-15-17(19(25)21-16)18(20-12-13-7-3-1-4-8-13)23(22-15)14-9-5-2-6-10-14/h1-10,20H,11-12H2,(H,21,24,25). The number of carbonyl (C=O) groups excluding carboxylic acids is 2. The van der Waals surface area contributed by atoms with Crippen LogP contribution >= 0.6 is 0 Å². The van der Waals surface area contributed by atoms with E-state index >= 15 is 0 Å². The number of hydrogen-bond acceptors (Lipinski definition) is 4. The highest BCUT2D eigenvalue weighted by atomic mass is 16.2. The Balaban J connectivity index is 1.77. The number of hydrogen-bond donors (Lipinski definition) is 2. The van der Waals surface area contributed by atoms with Crippen LogP contribution in [0.3, 0.4) is 0 Å². The van der Waals surface area contributed by atoms with Gasteiger partial charge in [-0.3, -0.25) is 14.9 Å². The summed E-state index contributed by atoms with van der Waals surface area (Å²) in [6.45, 7) is 0.549. The first-order chi connectivity index (χ1) is 12.2. The van der Waals surface area contributed by atoms with Crippen molar-refractivity contribution in [3.8, 4) is 5.69 Å². The van der Waals surface area contributed by atoms with Crippen molar-refractivity contribution >= 4 is 17.6 Å². The Morgan fingerprint density at radius 1 is 1.00 bits per heavy atom. The number of aromatic nitrogens is 2. The monoisotopic (exact) mass is 332 g/mol. The van der Waals surface area contributed by atoms with Gasteiger partial charge in [-0.1, -0.05) is 48.5 Å². The molecule has 0 atom stereocenters. The number of imide groups is 1. The molecule has 0 fully saturated rings. The van der Waals surface area contributed by atoms with Crippen molar-refractivity contribution in [1.29, 1.82) is 0 Å². The minimum Gasteiger partial charge on any atom is -0.365 e. The Kier molecular flexibility index (Phi) is 3.78. The van der Waals surface area contributed by atoms with Gasteiger partial charge in [-0.15, -0.1) is 0 Å². The summed E-state index contributed by atoms with van der Waals surface area (Å²) >= 11 is 0. The van der Waals surface area contributed by atoms with Crippen molar-refractivity contribution in [3.63, 3.8) is 0 Å². The maximum Gasteiger partial charge on any atom is 0.263 e. The molecule has 4 rings (SSSR count). The number of anilines is 1. The van der Waals surface area contributed by atoms with Gasteiger partial charge in [0.2, 0.25) is 5.91 Å². The predicted octanol–water partition coefficient (Wildman–Crippen LogP) is 2.30. The zero-order chi connectivity index (χ0) is 17.2. The Bertz CT molecular complexity index is 933. The number of nitrogens with one attached hydrogen (secondary N) is 2. The van der Waals surface area contributed by atoms with E-state index in [1.807, 2.05) is 60.7 Å². The van der Waals surface area contributed by atoms with Gasteiger partial charge in [0.1, 0.15) is 11.4 Å². The lowest BCUT2D eigenvalue weighted by Crippen LogP contribution is -2.37. The van der Waals surface area contributed by atoms with Crippen molar-refractivity contribution in [2.45, 2.75) is 13.0 Å². The Morgan fingerprint density at radius 2 is 1.68 bits per heavy atom. The van der Waals surface area contributed by atoms with E-state index in [2.05, 4.69) is 15.7 Å². The molecule has 1 aliphatic rings. The zero-order valence-electron chi connectivity index (χ0n) is 13.4. The molecule has 0 aliphatic carbocycles. The molecule has 1 aliphatic heterocycles. The van der Waals surface area contributed by atoms with Gasteiger partial charge in [0.15, 0.2) is 0 Å². The van der Waals surface area contributed by atoms with Crippen LogP contribution in [0.4, 0.5) is 5.82 Å². The molecule has 0 spiro atoms. The molecular formula is C19H16N4O2. The number of rotatable bonds is 4. The molecule has 2 amide bonds. The van der Waals surface area contributed by atoms with Gasteiger partial charge in [0.25, 0.3) is 5.91 Å². The summed E-state index contributed by atoms with van der Waals surface area (Å²) in [6.07, 6.45) is 0.0981. The topological polar surface area (TPSA) is 76.0 Å². The second-order valence-electron chi connectivity index (χ2n) is 5.81. The molecule has 0 bridgehead atoms. The van der Waals surface area contributed by atoms with Gasteiger partial charge < -0.3 is 5.32 Å². The normalized spacial score (nSPS) is 13.3. The molecule has 0 saturated carbocycles. The van der Waals surface area contributed by atoms with Gasteiger partial charge in [-0.2, -0.15) is 5.10 Å². The van der Waals surface area contributed by atoms with Crippen molar-refractivity contribution in [2.75, 3.05) is 5.32 Å². The second kappa shape index (κ2) is 6.24. The average molecular weight is 332 g/mol. The molecule has 1 aromatic heterocycles. The molecule has 25 heavy (non-hydrogen) atoms. The highest BCUT2D eigenvalue weighted by molar-refractivity contribution is 6.12. The maximum atomic E-state index is 12.3. The third-order valence-corrected chi connectivity index (χ3v) is 4.07. The molecule has 2 aromatic carbocycles. The van der Waals surface area contributed by atoms with Gasteiger partial charge in [-0.25, -0.2) is 4.68 Å². The lowest BCUT2D eigenvalue weighted by atomic mass is 10.1. The van der Waals surface area contributed by atoms with Crippen LogP contribution in [-0.4, -0.2) is 21.6 Å². The third kappa shape index (κ3) is 2.89. The summed E-state index contributed by atoms with van der Waals surface area (Å²) in [5, 5.41) is 10.2. The van der Waals surface area contributed by atoms with E-state index in [0.717, 1.165) is 11.3 Å². The van der Waals surface area contributed by atoms with E-state index in [1.165, 1.54) is 0 Å². The molecule has 6 nitrogen and oxygen atoms in total.